The number of hydrogen-bond acceptors (Lipinski definition) is 6. The molecule has 0 aliphatic heterocycles. The Bertz CT molecular complexity index is 923. The Kier molecular flexibility index (Phi) is 6.36. The number of anilines is 1. The van der Waals surface area contributed by atoms with Crippen LogP contribution in [0.15, 0.2) is 18.3 Å². The van der Waals surface area contributed by atoms with Crippen molar-refractivity contribution in [2.24, 2.45) is 5.92 Å². The molecule has 1 aromatic carbocycles. The predicted molar refractivity (Wildman–Crippen MR) is 114 cm³/mol. The third-order valence-electron chi connectivity index (χ3n) is 5.52. The lowest BCUT2D eigenvalue weighted by atomic mass is 9.87. The molecule has 0 atom stereocenters. The number of benzene rings is 1. The van der Waals surface area contributed by atoms with Crippen LogP contribution in [0.5, 0.6) is 0 Å². The molecule has 0 spiro atoms. The van der Waals surface area contributed by atoms with Crippen LogP contribution in [0, 0.1) is 5.92 Å². The summed E-state index contributed by atoms with van der Waals surface area (Å²) in [7, 11) is 2.88. The highest BCUT2D eigenvalue weighted by molar-refractivity contribution is 6.04. The third-order valence-corrected chi connectivity index (χ3v) is 5.52. The molecule has 1 N–H and O–H groups in total. The molecule has 0 bridgehead atoms. The molecule has 8 heteroatoms. The van der Waals surface area contributed by atoms with E-state index in [1.807, 2.05) is 10.9 Å². The van der Waals surface area contributed by atoms with Gasteiger partial charge in [-0.3, -0.25) is 9.58 Å². The van der Waals surface area contributed by atoms with Gasteiger partial charge in [0.1, 0.15) is 5.60 Å². The summed E-state index contributed by atoms with van der Waals surface area (Å²) >= 11 is 0. The molecule has 1 aliphatic carbocycles. The number of amides is 1. The van der Waals surface area contributed by atoms with E-state index in [-0.39, 0.29) is 18.2 Å². The van der Waals surface area contributed by atoms with E-state index in [2.05, 4.69) is 5.10 Å². The van der Waals surface area contributed by atoms with Gasteiger partial charge >= 0.3 is 12.1 Å². The lowest BCUT2D eigenvalue weighted by Crippen LogP contribution is -2.35. The van der Waals surface area contributed by atoms with E-state index in [4.69, 9.17) is 9.47 Å². The number of hydrogen-bond donors (Lipinski definition) is 1. The fraction of sp³-hybridized carbons (Fsp3) is 0.591. The zero-order valence-electron chi connectivity index (χ0n) is 18.3. The zero-order valence-corrected chi connectivity index (χ0v) is 18.3. The Morgan fingerprint density at radius 1 is 1.23 bits per heavy atom. The smallest absolute Gasteiger partial charge is 0.414 e. The number of rotatable bonds is 4. The molecular weight excluding hydrogens is 386 g/mol. The van der Waals surface area contributed by atoms with E-state index in [9.17, 15) is 14.7 Å². The second-order valence-corrected chi connectivity index (χ2v) is 8.93. The van der Waals surface area contributed by atoms with Crippen molar-refractivity contribution in [1.29, 1.82) is 0 Å². The van der Waals surface area contributed by atoms with Gasteiger partial charge < -0.3 is 14.6 Å². The molecule has 1 aromatic heterocycles. The summed E-state index contributed by atoms with van der Waals surface area (Å²) in [6, 6.07) is 3.69. The van der Waals surface area contributed by atoms with Gasteiger partial charge in [-0.15, -0.1) is 0 Å². The molecule has 1 amide bonds. The maximum atomic E-state index is 12.6. The molecule has 1 aliphatic rings. The van der Waals surface area contributed by atoms with Crippen molar-refractivity contribution < 1.29 is 24.2 Å². The summed E-state index contributed by atoms with van der Waals surface area (Å²) in [6.07, 6.45) is 5.24. The van der Waals surface area contributed by atoms with Crippen LogP contribution in [0.3, 0.4) is 0 Å². The minimum Gasteiger partial charge on any atom is -0.465 e. The van der Waals surface area contributed by atoms with E-state index in [1.54, 1.807) is 40.0 Å². The molecule has 0 saturated heterocycles. The number of methoxy groups -OCH3 is 1. The summed E-state index contributed by atoms with van der Waals surface area (Å²) < 4.78 is 12.3. The first-order valence-corrected chi connectivity index (χ1v) is 10.3. The molecule has 30 heavy (non-hydrogen) atoms. The van der Waals surface area contributed by atoms with Crippen molar-refractivity contribution >= 4 is 28.7 Å². The zero-order chi connectivity index (χ0) is 22.1. The van der Waals surface area contributed by atoms with Gasteiger partial charge in [-0.2, -0.15) is 5.10 Å². The van der Waals surface area contributed by atoms with E-state index < -0.39 is 17.7 Å². The summed E-state index contributed by atoms with van der Waals surface area (Å²) in [4.78, 5) is 26.3. The number of fused-ring (bicyclic) bond motifs is 1. The fourth-order valence-corrected chi connectivity index (χ4v) is 3.84. The summed E-state index contributed by atoms with van der Waals surface area (Å²) in [5.41, 5.74) is 0.680. The maximum absolute atomic E-state index is 12.6. The quantitative estimate of drug-likeness (QED) is 0.758. The molecule has 8 nitrogen and oxygen atoms in total. The Balaban J connectivity index is 1.96. The van der Waals surface area contributed by atoms with Crippen LogP contribution in [-0.4, -0.2) is 53.3 Å². The van der Waals surface area contributed by atoms with Gasteiger partial charge in [0.2, 0.25) is 0 Å². The number of aromatic nitrogens is 2. The number of aliphatic hydroxyl groups excluding tert-OH is 1. The van der Waals surface area contributed by atoms with E-state index in [0.29, 0.717) is 17.1 Å². The van der Waals surface area contributed by atoms with Gasteiger partial charge in [0.25, 0.3) is 0 Å². The second-order valence-electron chi connectivity index (χ2n) is 8.93. The first-order chi connectivity index (χ1) is 14.1. The molecule has 0 radical (unpaired) electrons. The first kappa shape index (κ1) is 22.1. The molecule has 3 rings (SSSR count). The molecular formula is C22H31N3O5. The van der Waals surface area contributed by atoms with Crippen LogP contribution in [0.1, 0.15) is 62.9 Å². The molecule has 1 saturated carbocycles. The average molecular weight is 418 g/mol. The van der Waals surface area contributed by atoms with E-state index >= 15 is 0 Å². The summed E-state index contributed by atoms with van der Waals surface area (Å²) in [5, 5.41) is 14.9. The topological polar surface area (TPSA) is 93.9 Å². The SMILES string of the molecule is COC(=O)c1cc2nn(C3CCC(CO)CC3)cc2cc1N(C)C(=O)OC(C)(C)C. The van der Waals surface area contributed by atoms with Gasteiger partial charge in [-0.05, 0) is 64.5 Å². The van der Waals surface area contributed by atoms with Crippen LogP contribution in [0.4, 0.5) is 10.5 Å². The van der Waals surface area contributed by atoms with Crippen LogP contribution in [-0.2, 0) is 9.47 Å². The number of aliphatic hydroxyl groups is 1. The van der Waals surface area contributed by atoms with Gasteiger partial charge in [-0.25, -0.2) is 9.59 Å². The second kappa shape index (κ2) is 8.63. The standard InChI is InChI=1S/C22H31N3O5/c1-22(2,3)30-21(28)24(4)19-10-15-12-25(16-8-6-14(13-26)7-9-16)23-18(15)11-17(19)20(27)29-5/h10-12,14,16,26H,6-9,13H2,1-5H3. The fourth-order valence-electron chi connectivity index (χ4n) is 3.84. The van der Waals surface area contributed by atoms with Crippen LogP contribution in [0.2, 0.25) is 0 Å². The first-order valence-electron chi connectivity index (χ1n) is 10.3. The number of ether oxygens (including phenoxy) is 2. The van der Waals surface area contributed by atoms with Crippen molar-refractivity contribution in [3.63, 3.8) is 0 Å². The van der Waals surface area contributed by atoms with E-state index in [0.717, 1.165) is 31.1 Å². The Morgan fingerprint density at radius 3 is 2.47 bits per heavy atom. The molecule has 1 heterocycles. The summed E-state index contributed by atoms with van der Waals surface area (Å²) in [5.74, 6) is -0.174. The van der Waals surface area contributed by atoms with Crippen molar-refractivity contribution in [3.8, 4) is 0 Å². The van der Waals surface area contributed by atoms with Crippen LogP contribution >= 0.6 is 0 Å². The van der Waals surface area contributed by atoms with Crippen molar-refractivity contribution in [2.45, 2.75) is 58.1 Å². The number of carbonyl (C=O) groups is 2. The van der Waals surface area contributed by atoms with Crippen LogP contribution in [0.25, 0.3) is 10.9 Å². The Labute approximate surface area is 176 Å². The van der Waals surface area contributed by atoms with Crippen LogP contribution < -0.4 is 4.90 Å². The molecule has 2 aromatic rings. The summed E-state index contributed by atoms with van der Waals surface area (Å²) in [6.45, 7) is 5.60. The van der Waals surface area contributed by atoms with Gasteiger partial charge in [0.05, 0.1) is 29.9 Å². The number of carbonyl (C=O) groups excluding carboxylic acids is 2. The van der Waals surface area contributed by atoms with Gasteiger partial charge in [0.15, 0.2) is 0 Å². The minimum absolute atomic E-state index is 0.233. The highest BCUT2D eigenvalue weighted by atomic mass is 16.6. The van der Waals surface area contributed by atoms with Crippen molar-refractivity contribution in [3.05, 3.63) is 23.9 Å². The molecule has 1 fully saturated rings. The highest BCUT2D eigenvalue weighted by Crippen LogP contribution is 2.34. The van der Waals surface area contributed by atoms with Gasteiger partial charge in [0, 0.05) is 25.2 Å². The highest BCUT2D eigenvalue weighted by Gasteiger charge is 2.27. The third kappa shape index (κ3) is 4.75. The molecule has 0 unspecified atom stereocenters. The van der Waals surface area contributed by atoms with Crippen molar-refractivity contribution in [1.82, 2.24) is 9.78 Å². The van der Waals surface area contributed by atoms with Crippen molar-refractivity contribution in [2.75, 3.05) is 25.7 Å². The maximum Gasteiger partial charge on any atom is 0.414 e. The largest absolute Gasteiger partial charge is 0.465 e. The minimum atomic E-state index is -0.654. The molecule has 164 valence electrons. The lowest BCUT2D eigenvalue weighted by Gasteiger charge is -2.27. The monoisotopic (exact) mass is 417 g/mol. The van der Waals surface area contributed by atoms with Gasteiger partial charge in [-0.1, -0.05) is 0 Å². The Morgan fingerprint density at radius 2 is 1.90 bits per heavy atom. The number of nitrogens with zero attached hydrogens (tertiary/aromatic N) is 3. The normalized spacial score (nSPS) is 19.5. The number of esters is 1. The Hall–Kier alpha value is -2.61. The van der Waals surface area contributed by atoms with E-state index in [1.165, 1.54) is 12.0 Å². The average Bonchev–Trinajstić information content (AvgIpc) is 3.13. The predicted octanol–water partition coefficient (Wildman–Crippen LogP) is 3.92. The lowest BCUT2D eigenvalue weighted by molar-refractivity contribution is 0.0587.